The van der Waals surface area contributed by atoms with Gasteiger partial charge in [-0.05, 0) is 42.5 Å². The standard InChI is InChI=1S/C19H15N/c1-12-13(2)17-11-14-7-3-6-10-18(14)20-19(17)16-9-5-4-8-15(12)16/h3-11H,1-2H3. The number of aryl methyl sites for hydroxylation is 2. The Kier molecular flexibility index (Phi) is 2.31. The Morgan fingerprint density at radius 1 is 0.700 bits per heavy atom. The molecule has 0 aliphatic rings. The van der Waals surface area contributed by atoms with Crippen LogP contribution in [0, 0.1) is 13.8 Å². The minimum Gasteiger partial charge on any atom is -0.247 e. The van der Waals surface area contributed by atoms with Crippen LogP contribution >= 0.6 is 0 Å². The van der Waals surface area contributed by atoms with Crippen molar-refractivity contribution in [2.75, 3.05) is 0 Å². The third-order valence-corrected chi connectivity index (χ3v) is 4.28. The Hall–Kier alpha value is -2.41. The van der Waals surface area contributed by atoms with Gasteiger partial charge in [-0.1, -0.05) is 42.5 Å². The number of hydrogen-bond acceptors (Lipinski definition) is 1. The highest BCUT2D eigenvalue weighted by molar-refractivity contribution is 6.11. The number of hydrogen-bond donors (Lipinski definition) is 0. The van der Waals surface area contributed by atoms with Gasteiger partial charge in [0.15, 0.2) is 0 Å². The fourth-order valence-corrected chi connectivity index (χ4v) is 3.03. The minimum absolute atomic E-state index is 1.06. The monoisotopic (exact) mass is 257 g/mol. The third kappa shape index (κ3) is 1.47. The smallest absolute Gasteiger partial charge is 0.0790 e. The van der Waals surface area contributed by atoms with Crippen molar-refractivity contribution in [3.05, 3.63) is 65.7 Å². The molecular formula is C19H15N. The van der Waals surface area contributed by atoms with E-state index in [1.54, 1.807) is 0 Å². The van der Waals surface area contributed by atoms with Crippen molar-refractivity contribution < 1.29 is 0 Å². The normalized spacial score (nSPS) is 11.5. The van der Waals surface area contributed by atoms with Crippen LogP contribution in [0.5, 0.6) is 0 Å². The summed E-state index contributed by atoms with van der Waals surface area (Å²) < 4.78 is 0. The van der Waals surface area contributed by atoms with Gasteiger partial charge in [0.25, 0.3) is 0 Å². The number of aromatic nitrogens is 1. The maximum atomic E-state index is 4.91. The Labute approximate surface area is 117 Å². The first kappa shape index (κ1) is 11.4. The maximum absolute atomic E-state index is 4.91. The van der Waals surface area contributed by atoms with Gasteiger partial charge >= 0.3 is 0 Å². The predicted octanol–water partition coefficient (Wildman–Crippen LogP) is 5.16. The molecule has 4 rings (SSSR count). The molecule has 0 bridgehead atoms. The van der Waals surface area contributed by atoms with Gasteiger partial charge in [0.2, 0.25) is 0 Å². The molecule has 20 heavy (non-hydrogen) atoms. The Bertz CT molecular complexity index is 967. The molecule has 0 spiro atoms. The van der Waals surface area contributed by atoms with E-state index in [1.807, 2.05) is 6.07 Å². The summed E-state index contributed by atoms with van der Waals surface area (Å²) >= 11 is 0. The van der Waals surface area contributed by atoms with E-state index in [1.165, 1.54) is 32.7 Å². The molecule has 1 nitrogen and oxygen atoms in total. The van der Waals surface area contributed by atoms with Gasteiger partial charge in [-0.15, -0.1) is 0 Å². The summed E-state index contributed by atoms with van der Waals surface area (Å²) in [5, 5.41) is 5.02. The number of fused-ring (bicyclic) bond motifs is 4. The van der Waals surface area contributed by atoms with Crippen LogP contribution < -0.4 is 0 Å². The first-order chi connectivity index (χ1) is 9.75. The number of benzene rings is 3. The van der Waals surface area contributed by atoms with E-state index < -0.39 is 0 Å². The van der Waals surface area contributed by atoms with Crippen molar-refractivity contribution in [3.63, 3.8) is 0 Å². The third-order valence-electron chi connectivity index (χ3n) is 4.28. The van der Waals surface area contributed by atoms with Crippen LogP contribution in [0.25, 0.3) is 32.6 Å². The van der Waals surface area contributed by atoms with Crippen LogP contribution in [0.2, 0.25) is 0 Å². The average molecular weight is 257 g/mol. The van der Waals surface area contributed by atoms with Crippen LogP contribution in [-0.2, 0) is 0 Å². The lowest BCUT2D eigenvalue weighted by Crippen LogP contribution is -1.91. The molecule has 1 aromatic heterocycles. The second kappa shape index (κ2) is 4.04. The van der Waals surface area contributed by atoms with E-state index in [0.29, 0.717) is 0 Å². The van der Waals surface area contributed by atoms with E-state index in [0.717, 1.165) is 11.0 Å². The summed E-state index contributed by atoms with van der Waals surface area (Å²) in [7, 11) is 0. The number of pyridine rings is 1. The largest absolute Gasteiger partial charge is 0.247 e. The topological polar surface area (TPSA) is 12.9 Å². The lowest BCUT2D eigenvalue weighted by molar-refractivity contribution is 1.40. The summed E-state index contributed by atoms with van der Waals surface area (Å²) in [6, 6.07) is 19.1. The summed E-state index contributed by atoms with van der Waals surface area (Å²) in [5.41, 5.74) is 4.86. The first-order valence-electron chi connectivity index (χ1n) is 6.93. The van der Waals surface area contributed by atoms with Gasteiger partial charge in [-0.2, -0.15) is 0 Å². The molecule has 0 aliphatic carbocycles. The van der Waals surface area contributed by atoms with E-state index >= 15 is 0 Å². The van der Waals surface area contributed by atoms with E-state index in [-0.39, 0.29) is 0 Å². The lowest BCUT2D eigenvalue weighted by atomic mass is 9.95. The molecule has 0 amide bonds. The van der Waals surface area contributed by atoms with Gasteiger partial charge < -0.3 is 0 Å². The highest BCUT2D eigenvalue weighted by Gasteiger charge is 2.10. The molecule has 0 radical (unpaired) electrons. The van der Waals surface area contributed by atoms with Crippen LogP contribution in [0.4, 0.5) is 0 Å². The Morgan fingerprint density at radius 2 is 1.35 bits per heavy atom. The summed E-state index contributed by atoms with van der Waals surface area (Å²) in [6.07, 6.45) is 0. The zero-order chi connectivity index (χ0) is 13.7. The first-order valence-corrected chi connectivity index (χ1v) is 6.93. The van der Waals surface area contributed by atoms with Crippen molar-refractivity contribution in [2.24, 2.45) is 0 Å². The van der Waals surface area contributed by atoms with Crippen molar-refractivity contribution in [1.29, 1.82) is 0 Å². The predicted molar refractivity (Wildman–Crippen MR) is 86.2 cm³/mol. The molecule has 0 fully saturated rings. The summed E-state index contributed by atoms with van der Waals surface area (Å²) in [5.74, 6) is 0. The number of para-hydroxylation sites is 1. The maximum Gasteiger partial charge on any atom is 0.0790 e. The molecule has 3 aromatic carbocycles. The van der Waals surface area contributed by atoms with Crippen LogP contribution in [0.3, 0.4) is 0 Å². The second-order valence-corrected chi connectivity index (χ2v) is 5.37. The van der Waals surface area contributed by atoms with Crippen LogP contribution in [0.15, 0.2) is 54.6 Å². The van der Waals surface area contributed by atoms with Crippen molar-refractivity contribution in [3.8, 4) is 0 Å². The van der Waals surface area contributed by atoms with Gasteiger partial charge in [0.1, 0.15) is 0 Å². The fraction of sp³-hybridized carbons (Fsp3) is 0.105. The molecule has 0 atom stereocenters. The minimum atomic E-state index is 1.06. The molecule has 1 heteroatoms. The van der Waals surface area contributed by atoms with Crippen molar-refractivity contribution >= 4 is 32.6 Å². The van der Waals surface area contributed by atoms with Crippen molar-refractivity contribution in [1.82, 2.24) is 4.98 Å². The molecule has 0 unspecified atom stereocenters. The molecule has 0 saturated carbocycles. The molecule has 96 valence electrons. The van der Waals surface area contributed by atoms with E-state index in [4.69, 9.17) is 4.98 Å². The van der Waals surface area contributed by atoms with Gasteiger partial charge in [-0.25, -0.2) is 4.98 Å². The van der Waals surface area contributed by atoms with Crippen LogP contribution in [0.1, 0.15) is 11.1 Å². The molecular weight excluding hydrogens is 242 g/mol. The summed E-state index contributed by atoms with van der Waals surface area (Å²) in [6.45, 7) is 4.40. The number of rotatable bonds is 0. The van der Waals surface area contributed by atoms with Gasteiger partial charge in [0, 0.05) is 16.2 Å². The molecule has 1 heterocycles. The van der Waals surface area contributed by atoms with Gasteiger partial charge in [-0.3, -0.25) is 0 Å². The Morgan fingerprint density at radius 3 is 2.20 bits per heavy atom. The molecule has 0 N–H and O–H groups in total. The molecule has 4 aromatic rings. The van der Waals surface area contributed by atoms with E-state index in [2.05, 4.69) is 62.4 Å². The molecule has 0 saturated heterocycles. The highest BCUT2D eigenvalue weighted by atomic mass is 14.7. The summed E-state index contributed by atoms with van der Waals surface area (Å²) in [4.78, 5) is 4.91. The van der Waals surface area contributed by atoms with Crippen LogP contribution in [-0.4, -0.2) is 4.98 Å². The van der Waals surface area contributed by atoms with Gasteiger partial charge in [0.05, 0.1) is 11.0 Å². The lowest BCUT2D eigenvalue weighted by Gasteiger charge is -2.12. The highest BCUT2D eigenvalue weighted by Crippen LogP contribution is 2.32. The Balaban J connectivity index is 2.33. The molecule has 0 aliphatic heterocycles. The average Bonchev–Trinajstić information content (AvgIpc) is 2.51. The second-order valence-electron chi connectivity index (χ2n) is 5.37. The number of nitrogens with zero attached hydrogens (tertiary/aromatic N) is 1. The van der Waals surface area contributed by atoms with Crippen molar-refractivity contribution in [2.45, 2.75) is 13.8 Å². The zero-order valence-electron chi connectivity index (χ0n) is 11.6. The quantitative estimate of drug-likeness (QED) is 0.313. The zero-order valence-corrected chi connectivity index (χ0v) is 11.6. The fourth-order valence-electron chi connectivity index (χ4n) is 3.03. The SMILES string of the molecule is Cc1c(C)c2cc3ccccc3nc2c2ccccc12. The van der Waals surface area contributed by atoms with E-state index in [9.17, 15) is 0 Å².